The number of amides is 1. The summed E-state index contributed by atoms with van der Waals surface area (Å²) in [6.07, 6.45) is 1.55. The van der Waals surface area contributed by atoms with Gasteiger partial charge in [0.25, 0.3) is 5.91 Å². The van der Waals surface area contributed by atoms with Gasteiger partial charge in [-0.2, -0.15) is 9.78 Å². The lowest BCUT2D eigenvalue weighted by Crippen LogP contribution is -2.19. The maximum atomic E-state index is 12.7. The first-order chi connectivity index (χ1) is 14.5. The molecule has 0 saturated carbocycles. The van der Waals surface area contributed by atoms with E-state index in [1.54, 1.807) is 6.21 Å². The lowest BCUT2D eigenvalue weighted by atomic mass is 10.2. The molecular weight excluding hydrogens is 406 g/mol. The Morgan fingerprint density at radius 1 is 1.27 bits per heavy atom. The van der Waals surface area contributed by atoms with Crippen molar-refractivity contribution in [3.8, 4) is 16.4 Å². The number of nitrogens with one attached hydrogen (secondary N) is 1. The smallest absolute Gasteiger partial charge is 0.294 e. The van der Waals surface area contributed by atoms with Gasteiger partial charge in [0.05, 0.1) is 11.1 Å². The summed E-state index contributed by atoms with van der Waals surface area (Å²) in [4.78, 5) is 15.5. The fourth-order valence-electron chi connectivity index (χ4n) is 2.63. The molecule has 0 aliphatic carbocycles. The first-order valence-corrected chi connectivity index (χ1v) is 9.61. The normalized spacial score (nSPS) is 11.1. The molecule has 0 aliphatic heterocycles. The second-order valence-electron chi connectivity index (χ2n) is 6.33. The van der Waals surface area contributed by atoms with Crippen molar-refractivity contribution in [3.05, 3.63) is 53.0 Å². The largest absolute Gasteiger partial charge is 0.378 e. The molecule has 4 aromatic rings. The Hall–Kier alpha value is -4.06. The highest BCUT2D eigenvalue weighted by Gasteiger charge is 2.25. The molecule has 0 aliphatic rings. The Bertz CT molecular complexity index is 1180. The molecule has 11 nitrogen and oxygen atoms in total. The summed E-state index contributed by atoms with van der Waals surface area (Å²) < 4.78 is 5.96. The summed E-state index contributed by atoms with van der Waals surface area (Å²) >= 11 is 1.41. The number of rotatable bonds is 6. The molecule has 3 N–H and O–H groups in total. The van der Waals surface area contributed by atoms with Crippen molar-refractivity contribution in [1.82, 2.24) is 30.7 Å². The van der Waals surface area contributed by atoms with Gasteiger partial charge in [0.1, 0.15) is 5.69 Å². The minimum Gasteiger partial charge on any atom is -0.378 e. The highest BCUT2D eigenvalue weighted by atomic mass is 32.1. The molecular formula is C18H17N9O2S. The van der Waals surface area contributed by atoms with E-state index in [9.17, 15) is 4.79 Å². The van der Waals surface area contributed by atoms with E-state index < -0.39 is 5.91 Å². The SMILES string of the molecule is CN(C)c1ccc(/C=N\NC(=O)c2nnn(-c3nonc3N)c2-c2cccs2)cc1. The maximum absolute atomic E-state index is 12.7. The molecule has 1 amide bonds. The minimum absolute atomic E-state index is 0.0313. The molecule has 3 heterocycles. The van der Waals surface area contributed by atoms with Gasteiger partial charge in [-0.25, -0.2) is 10.1 Å². The average molecular weight is 423 g/mol. The van der Waals surface area contributed by atoms with Crippen molar-refractivity contribution in [3.63, 3.8) is 0 Å². The van der Waals surface area contributed by atoms with Crippen LogP contribution in [0.2, 0.25) is 0 Å². The molecule has 30 heavy (non-hydrogen) atoms. The zero-order valence-corrected chi connectivity index (χ0v) is 16.9. The van der Waals surface area contributed by atoms with Crippen LogP contribution < -0.4 is 16.1 Å². The molecule has 0 spiro atoms. The van der Waals surface area contributed by atoms with Gasteiger partial charge >= 0.3 is 0 Å². The summed E-state index contributed by atoms with van der Waals surface area (Å²) in [6, 6.07) is 11.4. The minimum atomic E-state index is -0.527. The lowest BCUT2D eigenvalue weighted by Gasteiger charge is -2.11. The number of hydrogen-bond donors (Lipinski definition) is 2. The zero-order valence-electron chi connectivity index (χ0n) is 16.1. The Labute approximate surface area is 174 Å². The molecule has 0 unspecified atom stereocenters. The van der Waals surface area contributed by atoms with E-state index in [2.05, 4.69) is 35.8 Å². The molecule has 0 radical (unpaired) electrons. The zero-order chi connectivity index (χ0) is 21.1. The van der Waals surface area contributed by atoms with Crippen molar-refractivity contribution >= 4 is 35.0 Å². The van der Waals surface area contributed by atoms with Crippen LogP contribution in [-0.4, -0.2) is 51.5 Å². The third kappa shape index (κ3) is 3.75. The van der Waals surface area contributed by atoms with Crippen molar-refractivity contribution in [1.29, 1.82) is 0 Å². The van der Waals surface area contributed by atoms with Gasteiger partial charge in [-0.05, 0) is 39.5 Å². The third-order valence-corrected chi connectivity index (χ3v) is 5.00. The standard InChI is InChI=1S/C18H17N9O2S/c1-26(2)12-7-5-11(6-8-12)10-20-22-18(28)14-15(13-4-3-9-30-13)27(25-21-14)17-16(19)23-29-24-17/h3-10H,1-2H3,(H2,19,23)(H,22,28)/b20-10-. The molecule has 0 bridgehead atoms. The van der Waals surface area contributed by atoms with Crippen LogP contribution >= 0.6 is 11.3 Å². The first-order valence-electron chi connectivity index (χ1n) is 8.73. The Balaban J connectivity index is 1.58. The van der Waals surface area contributed by atoms with Crippen LogP contribution in [0.3, 0.4) is 0 Å². The quantitative estimate of drug-likeness (QED) is 0.353. The van der Waals surface area contributed by atoms with E-state index in [1.807, 2.05) is 60.8 Å². The molecule has 12 heteroatoms. The monoisotopic (exact) mass is 423 g/mol. The topological polar surface area (TPSA) is 140 Å². The number of anilines is 2. The number of nitrogen functional groups attached to an aromatic ring is 1. The van der Waals surface area contributed by atoms with Crippen LogP contribution in [0.25, 0.3) is 16.4 Å². The van der Waals surface area contributed by atoms with Crippen molar-refractivity contribution < 1.29 is 9.42 Å². The maximum Gasteiger partial charge on any atom is 0.294 e. The number of nitrogens with two attached hydrogens (primary N) is 1. The van der Waals surface area contributed by atoms with Crippen LogP contribution in [0.5, 0.6) is 0 Å². The highest BCUT2D eigenvalue weighted by Crippen LogP contribution is 2.29. The summed E-state index contributed by atoms with van der Waals surface area (Å²) in [7, 11) is 3.93. The fourth-order valence-corrected chi connectivity index (χ4v) is 3.39. The molecule has 0 atom stereocenters. The number of benzene rings is 1. The predicted octanol–water partition coefficient (Wildman–Crippen LogP) is 1.79. The van der Waals surface area contributed by atoms with E-state index >= 15 is 0 Å². The summed E-state index contributed by atoms with van der Waals surface area (Å²) in [5, 5.41) is 21.2. The summed E-state index contributed by atoms with van der Waals surface area (Å²) in [5.41, 5.74) is 10.6. The fraction of sp³-hybridized carbons (Fsp3) is 0.111. The number of nitrogens with zero attached hydrogens (tertiary/aromatic N) is 7. The number of hydrogen-bond acceptors (Lipinski definition) is 10. The Morgan fingerprint density at radius 2 is 2.07 bits per heavy atom. The van der Waals surface area contributed by atoms with Crippen LogP contribution in [0.4, 0.5) is 11.5 Å². The van der Waals surface area contributed by atoms with Crippen molar-refractivity contribution in [2.45, 2.75) is 0 Å². The second-order valence-corrected chi connectivity index (χ2v) is 7.28. The van der Waals surface area contributed by atoms with E-state index in [0.29, 0.717) is 5.69 Å². The molecule has 0 saturated heterocycles. The molecule has 1 aromatic carbocycles. The second kappa shape index (κ2) is 8.13. The van der Waals surface area contributed by atoms with E-state index in [0.717, 1.165) is 16.1 Å². The van der Waals surface area contributed by atoms with Gasteiger partial charge in [-0.1, -0.05) is 23.4 Å². The Kier molecular flexibility index (Phi) is 5.22. The third-order valence-electron chi connectivity index (χ3n) is 4.13. The van der Waals surface area contributed by atoms with Gasteiger partial charge in [-0.15, -0.1) is 16.4 Å². The van der Waals surface area contributed by atoms with E-state index in [-0.39, 0.29) is 17.3 Å². The molecule has 4 rings (SSSR count). The number of thiophene rings is 1. The van der Waals surface area contributed by atoms with Crippen LogP contribution in [0.15, 0.2) is 51.5 Å². The number of aromatic nitrogens is 5. The number of carbonyl (C=O) groups is 1. The van der Waals surface area contributed by atoms with Gasteiger partial charge in [0, 0.05) is 19.8 Å². The molecule has 0 fully saturated rings. The van der Waals surface area contributed by atoms with Gasteiger partial charge < -0.3 is 10.6 Å². The average Bonchev–Trinajstić information content (AvgIpc) is 3.48. The van der Waals surface area contributed by atoms with Crippen molar-refractivity contribution in [2.24, 2.45) is 5.10 Å². The van der Waals surface area contributed by atoms with Crippen LogP contribution in [0, 0.1) is 0 Å². The Morgan fingerprint density at radius 3 is 2.70 bits per heavy atom. The number of carbonyl (C=O) groups excluding carboxylic acids is 1. The van der Waals surface area contributed by atoms with Gasteiger partial charge in [-0.3, -0.25) is 4.79 Å². The van der Waals surface area contributed by atoms with E-state index in [4.69, 9.17) is 5.73 Å². The van der Waals surface area contributed by atoms with Crippen molar-refractivity contribution in [2.75, 3.05) is 24.7 Å². The van der Waals surface area contributed by atoms with Crippen LogP contribution in [-0.2, 0) is 0 Å². The van der Waals surface area contributed by atoms with E-state index in [1.165, 1.54) is 16.0 Å². The number of hydrazone groups is 1. The summed E-state index contributed by atoms with van der Waals surface area (Å²) in [6.45, 7) is 0. The van der Waals surface area contributed by atoms with Gasteiger partial charge in [0.15, 0.2) is 5.69 Å². The predicted molar refractivity (Wildman–Crippen MR) is 113 cm³/mol. The van der Waals surface area contributed by atoms with Gasteiger partial charge in [0.2, 0.25) is 11.6 Å². The van der Waals surface area contributed by atoms with Crippen LogP contribution in [0.1, 0.15) is 16.1 Å². The molecule has 3 aromatic heterocycles. The highest BCUT2D eigenvalue weighted by molar-refractivity contribution is 7.13. The lowest BCUT2D eigenvalue weighted by molar-refractivity contribution is 0.0951. The first kappa shape index (κ1) is 19.3. The molecule has 152 valence electrons. The summed E-state index contributed by atoms with van der Waals surface area (Å²) in [5.74, 6) is -0.348.